The number of phenolic OH excluding ortho intramolecular Hbond substituents is 2. The van der Waals surface area contributed by atoms with Gasteiger partial charge in [0.05, 0.1) is 10.9 Å². The van der Waals surface area contributed by atoms with Crippen LogP contribution in [0.15, 0.2) is 21.7 Å². The lowest BCUT2D eigenvalue weighted by atomic mass is 10.2. The first kappa shape index (κ1) is 13.2. The minimum absolute atomic E-state index is 0.203. The first-order valence-electron chi connectivity index (χ1n) is 5.98. The van der Waals surface area contributed by atoms with E-state index in [4.69, 9.17) is 0 Å². The summed E-state index contributed by atoms with van der Waals surface area (Å²) in [5, 5.41) is 19.2. The molecule has 0 radical (unpaired) electrons. The molecule has 102 valence electrons. The average molecular weight is 264 g/mol. The fraction of sp³-hybridized carbons (Fsp3) is 0.385. The summed E-state index contributed by atoms with van der Waals surface area (Å²) >= 11 is 0. The molecule has 2 rings (SSSR count). The smallest absolute Gasteiger partial charge is 0.331 e. The molecule has 6 nitrogen and oxygen atoms in total. The quantitative estimate of drug-likeness (QED) is 0.784. The molecule has 6 heteroatoms. The third-order valence-electron chi connectivity index (χ3n) is 2.98. The normalized spacial score (nSPS) is 11.4. The Labute approximate surface area is 109 Å². The number of hydrogen-bond acceptors (Lipinski definition) is 4. The van der Waals surface area contributed by atoms with Gasteiger partial charge in [0.25, 0.3) is 5.56 Å². The molecule has 0 amide bonds. The van der Waals surface area contributed by atoms with E-state index in [2.05, 4.69) is 0 Å². The highest BCUT2D eigenvalue weighted by atomic mass is 16.3. The first-order valence-corrected chi connectivity index (χ1v) is 5.98. The summed E-state index contributed by atoms with van der Waals surface area (Å²) in [5.74, 6) is -0.522. The largest absolute Gasteiger partial charge is 0.504 e. The maximum Gasteiger partial charge on any atom is 0.331 e. The fourth-order valence-electron chi connectivity index (χ4n) is 2.05. The molecule has 1 aromatic heterocycles. The first-order chi connectivity index (χ1) is 8.82. The van der Waals surface area contributed by atoms with E-state index in [9.17, 15) is 19.8 Å². The van der Waals surface area contributed by atoms with Gasteiger partial charge in [-0.3, -0.25) is 13.9 Å². The summed E-state index contributed by atoms with van der Waals surface area (Å²) < 4.78 is 2.43. The summed E-state index contributed by atoms with van der Waals surface area (Å²) in [6.45, 7) is 4.32. The van der Waals surface area contributed by atoms with Crippen molar-refractivity contribution in [3.8, 4) is 11.5 Å². The second-order valence-corrected chi connectivity index (χ2v) is 5.01. The van der Waals surface area contributed by atoms with Crippen LogP contribution in [0.2, 0.25) is 0 Å². The van der Waals surface area contributed by atoms with Gasteiger partial charge in [-0.1, -0.05) is 13.8 Å². The van der Waals surface area contributed by atoms with Crippen molar-refractivity contribution in [1.82, 2.24) is 9.13 Å². The predicted molar refractivity (Wildman–Crippen MR) is 71.6 cm³/mol. The molecule has 0 atom stereocenters. The van der Waals surface area contributed by atoms with Crippen LogP contribution >= 0.6 is 0 Å². The molecule has 19 heavy (non-hydrogen) atoms. The van der Waals surface area contributed by atoms with Gasteiger partial charge in [0.2, 0.25) is 0 Å². The Hall–Kier alpha value is -2.24. The zero-order valence-corrected chi connectivity index (χ0v) is 11.0. The van der Waals surface area contributed by atoms with E-state index >= 15 is 0 Å². The molecule has 0 bridgehead atoms. The van der Waals surface area contributed by atoms with Crippen LogP contribution in [0.1, 0.15) is 13.8 Å². The van der Waals surface area contributed by atoms with Crippen LogP contribution < -0.4 is 11.2 Å². The highest BCUT2D eigenvalue weighted by Gasteiger charge is 2.14. The molecule has 0 saturated heterocycles. The van der Waals surface area contributed by atoms with Gasteiger partial charge in [0.15, 0.2) is 11.5 Å². The molecule has 0 aliphatic rings. The lowest BCUT2D eigenvalue weighted by Crippen LogP contribution is -2.38. The van der Waals surface area contributed by atoms with E-state index in [-0.39, 0.29) is 22.8 Å². The van der Waals surface area contributed by atoms with Crippen molar-refractivity contribution in [3.05, 3.63) is 33.0 Å². The number of rotatable bonds is 2. The van der Waals surface area contributed by atoms with Crippen molar-refractivity contribution in [2.75, 3.05) is 0 Å². The van der Waals surface area contributed by atoms with Crippen molar-refractivity contribution >= 4 is 10.9 Å². The highest BCUT2D eigenvalue weighted by molar-refractivity contribution is 5.82. The van der Waals surface area contributed by atoms with Gasteiger partial charge in [-0.05, 0) is 12.0 Å². The number of aromatic nitrogens is 2. The van der Waals surface area contributed by atoms with Crippen molar-refractivity contribution in [2.45, 2.75) is 20.4 Å². The molecular formula is C13H16N2O4. The van der Waals surface area contributed by atoms with Gasteiger partial charge in [-0.15, -0.1) is 0 Å². The van der Waals surface area contributed by atoms with Crippen LogP contribution in [-0.2, 0) is 13.6 Å². The Balaban J connectivity index is 2.97. The van der Waals surface area contributed by atoms with Gasteiger partial charge in [0, 0.05) is 19.7 Å². The maximum atomic E-state index is 12.1. The van der Waals surface area contributed by atoms with Crippen molar-refractivity contribution in [2.24, 2.45) is 13.0 Å². The van der Waals surface area contributed by atoms with Crippen molar-refractivity contribution < 1.29 is 10.2 Å². The zero-order chi connectivity index (χ0) is 14.3. The Bertz CT molecular complexity index is 756. The topological polar surface area (TPSA) is 84.5 Å². The number of fused-ring (bicyclic) bond motifs is 1. The van der Waals surface area contributed by atoms with Crippen molar-refractivity contribution in [3.63, 3.8) is 0 Å². The van der Waals surface area contributed by atoms with Gasteiger partial charge in [-0.25, -0.2) is 4.79 Å². The minimum Gasteiger partial charge on any atom is -0.504 e. The van der Waals surface area contributed by atoms with E-state index in [1.54, 1.807) is 0 Å². The summed E-state index contributed by atoms with van der Waals surface area (Å²) in [7, 11) is 1.39. The van der Waals surface area contributed by atoms with Gasteiger partial charge >= 0.3 is 5.69 Å². The maximum absolute atomic E-state index is 12.1. The molecule has 0 spiro atoms. The average Bonchev–Trinajstić information content (AvgIpc) is 2.34. The second-order valence-electron chi connectivity index (χ2n) is 5.01. The third kappa shape index (κ3) is 2.09. The number of benzene rings is 1. The van der Waals surface area contributed by atoms with E-state index in [0.29, 0.717) is 12.1 Å². The summed E-state index contributed by atoms with van der Waals surface area (Å²) in [5.41, 5.74) is -0.594. The van der Waals surface area contributed by atoms with Crippen LogP contribution in [0.25, 0.3) is 10.9 Å². The third-order valence-corrected chi connectivity index (χ3v) is 2.98. The Morgan fingerprint density at radius 3 is 2.32 bits per heavy atom. The number of nitrogens with zero attached hydrogens (tertiary/aromatic N) is 2. The summed E-state index contributed by atoms with van der Waals surface area (Å²) in [4.78, 5) is 24.1. The van der Waals surface area contributed by atoms with E-state index in [0.717, 1.165) is 4.57 Å². The van der Waals surface area contributed by atoms with E-state index in [1.807, 2.05) is 13.8 Å². The molecule has 0 saturated carbocycles. The molecule has 1 heterocycles. The fourth-order valence-corrected chi connectivity index (χ4v) is 2.05. The molecule has 0 unspecified atom stereocenters. The van der Waals surface area contributed by atoms with Crippen LogP contribution in [0.4, 0.5) is 0 Å². The molecule has 1 aromatic carbocycles. The van der Waals surface area contributed by atoms with Gasteiger partial charge in [-0.2, -0.15) is 0 Å². The van der Waals surface area contributed by atoms with Gasteiger partial charge in [0.1, 0.15) is 0 Å². The highest BCUT2D eigenvalue weighted by Crippen LogP contribution is 2.28. The molecule has 0 aliphatic carbocycles. The van der Waals surface area contributed by atoms with Gasteiger partial charge < -0.3 is 10.2 Å². The predicted octanol–water partition coefficient (Wildman–Crippen LogP) is 0.767. The van der Waals surface area contributed by atoms with E-state index < -0.39 is 11.2 Å². The SMILES string of the molecule is CC(C)Cn1c(=O)n(C)c(=O)c2cc(O)c(O)cc21. The van der Waals surface area contributed by atoms with Crippen LogP contribution in [0.5, 0.6) is 11.5 Å². The lowest BCUT2D eigenvalue weighted by molar-refractivity contribution is 0.404. The molecule has 2 N–H and O–H groups in total. The minimum atomic E-state index is -0.490. The second kappa shape index (κ2) is 4.46. The van der Waals surface area contributed by atoms with Crippen LogP contribution in [-0.4, -0.2) is 19.3 Å². The Morgan fingerprint density at radius 2 is 1.74 bits per heavy atom. The number of hydrogen-bond donors (Lipinski definition) is 2. The Morgan fingerprint density at radius 1 is 1.16 bits per heavy atom. The van der Waals surface area contributed by atoms with Crippen molar-refractivity contribution in [1.29, 1.82) is 0 Å². The molecule has 2 aromatic rings. The molecule has 0 fully saturated rings. The number of phenols is 2. The van der Waals surface area contributed by atoms with Crippen LogP contribution in [0.3, 0.4) is 0 Å². The molecule has 0 aliphatic heterocycles. The monoisotopic (exact) mass is 264 g/mol. The lowest BCUT2D eigenvalue weighted by Gasteiger charge is -2.14. The van der Waals surface area contributed by atoms with Crippen LogP contribution in [0, 0.1) is 5.92 Å². The standard InChI is InChI=1S/C13H16N2O4/c1-7(2)6-15-9-5-11(17)10(16)4-8(9)12(18)14(3)13(15)19/h4-5,7,16-17H,6H2,1-3H3. The summed E-state index contributed by atoms with van der Waals surface area (Å²) in [6.07, 6.45) is 0. The Kier molecular flexibility index (Phi) is 3.09. The number of aromatic hydroxyl groups is 2. The summed E-state index contributed by atoms with van der Waals surface area (Å²) in [6, 6.07) is 2.43. The zero-order valence-electron chi connectivity index (χ0n) is 11.0. The van der Waals surface area contributed by atoms with E-state index in [1.165, 1.54) is 23.7 Å². The molecular weight excluding hydrogens is 248 g/mol.